The zero-order valence-corrected chi connectivity index (χ0v) is 25.0. The summed E-state index contributed by atoms with van der Waals surface area (Å²) in [6.45, 7) is 0.442. The standard InChI is InChI=1S/C34H28ClN5O5/c1-44-31-17-27-29(36-19-24-8-5-15-38(24)33(27)41)18-30(31)39(43)20-45-25-12-10-23(11-13-25)40-32(21-6-3-2-4-7-21)37-28-14-9-22(35)16-26(28)34(40)42/h2-4,6-7,9-14,16-19,24,43H,5,8,15,20H2,1H3. The number of methoxy groups -OCH3 is 1. The van der Waals surface area contributed by atoms with Crippen LogP contribution in [0.15, 0.2) is 94.7 Å². The molecule has 1 unspecified atom stereocenters. The van der Waals surface area contributed by atoms with Crippen LogP contribution in [0.4, 0.5) is 11.4 Å². The Morgan fingerprint density at radius 1 is 1.02 bits per heavy atom. The minimum atomic E-state index is -0.256. The lowest BCUT2D eigenvalue weighted by Gasteiger charge is -2.22. The van der Waals surface area contributed by atoms with Gasteiger partial charge in [0, 0.05) is 23.3 Å². The number of nitrogens with zero attached hydrogens (tertiary/aromatic N) is 5. The van der Waals surface area contributed by atoms with Gasteiger partial charge in [0.05, 0.1) is 41.0 Å². The van der Waals surface area contributed by atoms with Crippen LogP contribution in [0.3, 0.4) is 0 Å². The molecule has 2 aliphatic heterocycles. The van der Waals surface area contributed by atoms with E-state index < -0.39 is 0 Å². The summed E-state index contributed by atoms with van der Waals surface area (Å²) in [6, 6.07) is 24.6. The molecule has 45 heavy (non-hydrogen) atoms. The Bertz CT molecular complexity index is 2010. The van der Waals surface area contributed by atoms with Crippen LogP contribution in [0.1, 0.15) is 23.2 Å². The van der Waals surface area contributed by atoms with Crippen LogP contribution >= 0.6 is 11.6 Å². The monoisotopic (exact) mass is 621 g/mol. The summed E-state index contributed by atoms with van der Waals surface area (Å²) in [4.78, 5) is 38.1. The Labute approximate surface area is 263 Å². The van der Waals surface area contributed by atoms with E-state index in [1.165, 1.54) is 7.11 Å². The van der Waals surface area contributed by atoms with E-state index >= 15 is 0 Å². The first-order valence-electron chi connectivity index (χ1n) is 14.5. The maximum Gasteiger partial charge on any atom is 0.266 e. The van der Waals surface area contributed by atoms with Crippen LogP contribution in [0.25, 0.3) is 28.0 Å². The number of rotatable bonds is 7. The maximum atomic E-state index is 13.7. The van der Waals surface area contributed by atoms with Gasteiger partial charge in [-0.15, -0.1) is 0 Å². The van der Waals surface area contributed by atoms with Gasteiger partial charge in [0.2, 0.25) is 0 Å². The number of benzene rings is 4. The summed E-state index contributed by atoms with van der Waals surface area (Å²) in [5.74, 6) is 1.15. The molecule has 0 radical (unpaired) electrons. The third-order valence-electron chi connectivity index (χ3n) is 8.06. The number of carbonyl (C=O) groups is 1. The first-order chi connectivity index (χ1) is 21.9. The van der Waals surface area contributed by atoms with Crippen LogP contribution in [-0.2, 0) is 0 Å². The van der Waals surface area contributed by atoms with Crippen LogP contribution < -0.4 is 20.1 Å². The SMILES string of the molecule is COc1cc2c(cc1N(O)COc1ccc(-n3c(-c4ccccc4)nc4ccc(Cl)cc4c3=O)cc1)N=CC1CCCN1C2=O. The second-order valence-corrected chi connectivity index (χ2v) is 11.2. The summed E-state index contributed by atoms with van der Waals surface area (Å²) in [5, 5.41) is 12.7. The zero-order valence-electron chi connectivity index (χ0n) is 24.3. The Balaban J connectivity index is 1.16. The van der Waals surface area contributed by atoms with Crippen molar-refractivity contribution in [3.63, 3.8) is 0 Å². The summed E-state index contributed by atoms with van der Waals surface area (Å²) < 4.78 is 12.9. The highest BCUT2D eigenvalue weighted by Crippen LogP contribution is 2.38. The molecule has 0 bridgehead atoms. The van der Waals surface area contributed by atoms with Crippen molar-refractivity contribution in [2.75, 3.05) is 25.4 Å². The second kappa shape index (κ2) is 11.7. The highest BCUT2D eigenvalue weighted by molar-refractivity contribution is 6.31. The first kappa shape index (κ1) is 28.6. The molecule has 1 amide bonds. The first-order valence-corrected chi connectivity index (χ1v) is 14.8. The van der Waals surface area contributed by atoms with Gasteiger partial charge >= 0.3 is 0 Å². The van der Waals surface area contributed by atoms with Crippen LogP contribution in [-0.4, -0.2) is 58.2 Å². The largest absolute Gasteiger partial charge is 0.494 e. The highest BCUT2D eigenvalue weighted by atomic mass is 35.5. The molecule has 1 atom stereocenters. The average molecular weight is 622 g/mol. The number of anilines is 1. The molecular weight excluding hydrogens is 594 g/mol. The number of hydrogen-bond acceptors (Lipinski definition) is 8. The second-order valence-electron chi connectivity index (χ2n) is 10.8. The lowest BCUT2D eigenvalue weighted by Crippen LogP contribution is -2.35. The van der Waals surface area contributed by atoms with Crippen molar-refractivity contribution >= 4 is 46.0 Å². The number of hydroxylamine groups is 1. The molecule has 3 heterocycles. The molecule has 7 rings (SSSR count). The van der Waals surface area contributed by atoms with Crippen molar-refractivity contribution < 1.29 is 19.5 Å². The average Bonchev–Trinajstić information content (AvgIpc) is 3.50. The number of carbonyl (C=O) groups excluding carboxylic acids is 1. The third-order valence-corrected chi connectivity index (χ3v) is 8.30. The Kier molecular flexibility index (Phi) is 7.44. The predicted octanol–water partition coefficient (Wildman–Crippen LogP) is 6.27. The highest BCUT2D eigenvalue weighted by Gasteiger charge is 2.32. The van der Waals surface area contributed by atoms with Gasteiger partial charge in [-0.1, -0.05) is 41.9 Å². The van der Waals surface area contributed by atoms with E-state index in [0.29, 0.717) is 62.4 Å². The van der Waals surface area contributed by atoms with Crippen molar-refractivity contribution in [2.45, 2.75) is 18.9 Å². The number of aliphatic imine (C=N–C) groups is 1. The summed E-state index contributed by atoms with van der Waals surface area (Å²) in [6.07, 6.45) is 3.61. The van der Waals surface area contributed by atoms with E-state index in [1.54, 1.807) is 65.4 Å². The molecule has 2 aliphatic rings. The number of hydrogen-bond donors (Lipinski definition) is 1. The predicted molar refractivity (Wildman–Crippen MR) is 173 cm³/mol. The zero-order chi connectivity index (χ0) is 31.1. The smallest absolute Gasteiger partial charge is 0.266 e. The minimum Gasteiger partial charge on any atom is -0.494 e. The molecule has 1 N–H and O–H groups in total. The fourth-order valence-electron chi connectivity index (χ4n) is 5.80. The van der Waals surface area contributed by atoms with Crippen molar-refractivity contribution in [3.8, 4) is 28.6 Å². The fourth-order valence-corrected chi connectivity index (χ4v) is 5.97. The van der Waals surface area contributed by atoms with Gasteiger partial charge in [-0.2, -0.15) is 0 Å². The normalized spacial score (nSPS) is 15.5. The van der Waals surface area contributed by atoms with Crippen LogP contribution in [0, 0.1) is 0 Å². The quantitative estimate of drug-likeness (QED) is 0.169. The molecule has 0 spiro atoms. The molecule has 226 valence electrons. The van der Waals surface area contributed by atoms with E-state index in [0.717, 1.165) is 23.5 Å². The van der Waals surface area contributed by atoms with Gasteiger partial charge in [0.15, 0.2) is 6.73 Å². The molecule has 11 heteroatoms. The topological polar surface area (TPSA) is 109 Å². The number of amides is 1. The number of aromatic nitrogens is 2. The van der Waals surface area contributed by atoms with E-state index in [1.807, 2.05) is 35.2 Å². The van der Waals surface area contributed by atoms with Gasteiger partial charge in [-0.05, 0) is 67.4 Å². The van der Waals surface area contributed by atoms with Crippen LogP contribution in [0.5, 0.6) is 11.5 Å². The van der Waals surface area contributed by atoms with E-state index in [2.05, 4.69) is 4.99 Å². The lowest BCUT2D eigenvalue weighted by molar-refractivity contribution is 0.0774. The number of ether oxygens (including phenoxy) is 2. The fraction of sp³-hybridized carbons (Fsp3) is 0.176. The Morgan fingerprint density at radius 3 is 2.60 bits per heavy atom. The van der Waals surface area contributed by atoms with Gasteiger partial charge in [-0.3, -0.25) is 24.4 Å². The third kappa shape index (κ3) is 5.28. The number of fused-ring (bicyclic) bond motifs is 3. The van der Waals surface area contributed by atoms with Gasteiger partial charge in [-0.25, -0.2) is 10.0 Å². The van der Waals surface area contributed by atoms with E-state index in [-0.39, 0.29) is 24.2 Å². The Morgan fingerprint density at radius 2 is 1.82 bits per heavy atom. The molecule has 0 saturated carbocycles. The van der Waals surface area contributed by atoms with Gasteiger partial charge < -0.3 is 14.4 Å². The van der Waals surface area contributed by atoms with Crippen molar-refractivity contribution in [1.29, 1.82) is 0 Å². The summed E-state index contributed by atoms with van der Waals surface area (Å²) in [5.41, 5.74) is 2.84. The summed E-state index contributed by atoms with van der Waals surface area (Å²) in [7, 11) is 1.48. The Hall–Kier alpha value is -5.19. The molecular formula is C34H28ClN5O5. The molecule has 5 aromatic rings. The van der Waals surface area contributed by atoms with Gasteiger partial charge in [0.25, 0.3) is 11.5 Å². The molecule has 10 nitrogen and oxygen atoms in total. The molecule has 4 aromatic carbocycles. The van der Waals surface area contributed by atoms with Gasteiger partial charge in [0.1, 0.15) is 23.0 Å². The number of halogens is 1. The summed E-state index contributed by atoms with van der Waals surface area (Å²) >= 11 is 6.21. The van der Waals surface area contributed by atoms with E-state index in [9.17, 15) is 14.8 Å². The molecule has 1 fully saturated rings. The minimum absolute atomic E-state index is 0.0290. The molecule has 1 saturated heterocycles. The van der Waals surface area contributed by atoms with Crippen molar-refractivity contribution in [2.24, 2.45) is 4.99 Å². The molecule has 0 aliphatic carbocycles. The van der Waals surface area contributed by atoms with Crippen LogP contribution in [0.2, 0.25) is 5.02 Å². The van der Waals surface area contributed by atoms with E-state index in [4.69, 9.17) is 26.1 Å². The van der Waals surface area contributed by atoms with Crippen molar-refractivity contribution in [1.82, 2.24) is 14.5 Å². The van der Waals surface area contributed by atoms with Crippen molar-refractivity contribution in [3.05, 3.63) is 106 Å². The maximum absolute atomic E-state index is 13.7. The molecule has 1 aromatic heterocycles. The lowest BCUT2D eigenvalue weighted by atomic mass is 10.1.